The summed E-state index contributed by atoms with van der Waals surface area (Å²) in [6.45, 7) is -0.152. The van der Waals surface area contributed by atoms with E-state index in [0.717, 1.165) is 22.6 Å². The van der Waals surface area contributed by atoms with Crippen LogP contribution in [0.2, 0.25) is 0 Å². The number of nitrogens with zero attached hydrogens (tertiary/aromatic N) is 2. The lowest BCUT2D eigenvalue weighted by molar-refractivity contribution is 0.0911. The van der Waals surface area contributed by atoms with Gasteiger partial charge in [-0.3, -0.25) is 9.89 Å². The molecule has 0 bridgehead atoms. The first kappa shape index (κ1) is 20.4. The van der Waals surface area contributed by atoms with Gasteiger partial charge in [-0.05, 0) is 54.4 Å². The number of carbonyl (C=O) groups excluding carboxylic acids is 1. The Bertz CT molecular complexity index is 933. The molecular weight excluding hydrogens is 368 g/mol. The number of methoxy groups -OCH3 is 1. The summed E-state index contributed by atoms with van der Waals surface area (Å²) in [6, 6.07) is 16.8. The van der Waals surface area contributed by atoms with Gasteiger partial charge in [0.25, 0.3) is 5.91 Å². The van der Waals surface area contributed by atoms with E-state index in [4.69, 9.17) is 4.74 Å². The summed E-state index contributed by atoms with van der Waals surface area (Å²) in [5.74, 6) is 0.452. The second kappa shape index (κ2) is 9.25. The maximum Gasteiger partial charge on any atom is 0.269 e. The van der Waals surface area contributed by atoms with Crippen molar-refractivity contribution in [1.82, 2.24) is 15.5 Å². The van der Waals surface area contributed by atoms with E-state index in [9.17, 15) is 9.90 Å². The molecule has 7 nitrogen and oxygen atoms in total. The van der Waals surface area contributed by atoms with Gasteiger partial charge in [0.1, 0.15) is 11.4 Å². The zero-order chi connectivity index (χ0) is 20.8. The van der Waals surface area contributed by atoms with Gasteiger partial charge >= 0.3 is 0 Å². The highest BCUT2D eigenvalue weighted by molar-refractivity contribution is 5.93. The van der Waals surface area contributed by atoms with Crippen LogP contribution in [-0.2, 0) is 6.42 Å². The fourth-order valence-electron chi connectivity index (χ4n) is 2.99. The number of ether oxygens (including phenoxy) is 1. The molecule has 0 fully saturated rings. The first-order valence-corrected chi connectivity index (χ1v) is 9.38. The van der Waals surface area contributed by atoms with E-state index in [-0.39, 0.29) is 18.6 Å². The minimum absolute atomic E-state index is 0.152. The molecule has 29 heavy (non-hydrogen) atoms. The van der Waals surface area contributed by atoms with Crippen molar-refractivity contribution in [2.45, 2.75) is 12.5 Å². The van der Waals surface area contributed by atoms with E-state index < -0.39 is 0 Å². The van der Waals surface area contributed by atoms with Gasteiger partial charge in [-0.2, -0.15) is 5.10 Å². The van der Waals surface area contributed by atoms with Gasteiger partial charge in [0, 0.05) is 25.3 Å². The number of amides is 1. The fourth-order valence-corrected chi connectivity index (χ4v) is 2.99. The summed E-state index contributed by atoms with van der Waals surface area (Å²) in [6.07, 6.45) is 0.537. The molecule has 0 saturated heterocycles. The number of aliphatic hydroxyl groups excluding tert-OH is 1. The number of rotatable bonds is 8. The Labute approximate surface area is 170 Å². The molecular formula is C22H26N4O3. The number of benzene rings is 2. The fraction of sp³-hybridized carbons (Fsp3) is 0.273. The first-order chi connectivity index (χ1) is 14.0. The zero-order valence-corrected chi connectivity index (χ0v) is 16.8. The van der Waals surface area contributed by atoms with E-state index in [1.807, 2.05) is 67.5 Å². The van der Waals surface area contributed by atoms with Crippen molar-refractivity contribution in [2.75, 3.05) is 32.7 Å². The highest BCUT2D eigenvalue weighted by Gasteiger charge is 2.16. The van der Waals surface area contributed by atoms with Crippen LogP contribution in [0, 0.1) is 0 Å². The second-order valence-electron chi connectivity index (χ2n) is 7.01. The van der Waals surface area contributed by atoms with Gasteiger partial charge in [-0.1, -0.05) is 12.1 Å². The Morgan fingerprint density at radius 2 is 1.86 bits per heavy atom. The maximum atomic E-state index is 12.6. The molecule has 0 aliphatic carbocycles. The number of anilines is 1. The average Bonchev–Trinajstić information content (AvgIpc) is 3.24. The number of aromatic nitrogens is 2. The predicted molar refractivity (Wildman–Crippen MR) is 113 cm³/mol. The van der Waals surface area contributed by atoms with Crippen LogP contribution in [0.25, 0.3) is 11.3 Å². The van der Waals surface area contributed by atoms with E-state index in [0.29, 0.717) is 17.8 Å². The summed E-state index contributed by atoms with van der Waals surface area (Å²) in [4.78, 5) is 14.6. The molecule has 152 valence electrons. The Kier molecular flexibility index (Phi) is 6.51. The number of hydrogen-bond donors (Lipinski definition) is 3. The number of H-pyrrole nitrogens is 1. The topological polar surface area (TPSA) is 90.5 Å². The van der Waals surface area contributed by atoms with Crippen molar-refractivity contribution in [3.05, 3.63) is 65.9 Å². The molecule has 0 spiro atoms. The lowest BCUT2D eigenvalue weighted by atomic mass is 10.1. The van der Waals surface area contributed by atoms with Crippen LogP contribution in [0.5, 0.6) is 5.75 Å². The minimum atomic E-state index is -0.388. The highest BCUT2D eigenvalue weighted by atomic mass is 16.5. The normalized spacial score (nSPS) is 11.7. The third-order valence-corrected chi connectivity index (χ3v) is 4.70. The van der Waals surface area contributed by atoms with E-state index in [2.05, 4.69) is 15.5 Å². The van der Waals surface area contributed by atoms with E-state index in [1.54, 1.807) is 13.2 Å². The van der Waals surface area contributed by atoms with Gasteiger partial charge in [0.15, 0.2) is 0 Å². The van der Waals surface area contributed by atoms with Crippen LogP contribution in [0.4, 0.5) is 5.69 Å². The molecule has 0 aliphatic heterocycles. The van der Waals surface area contributed by atoms with Crippen molar-refractivity contribution in [2.24, 2.45) is 0 Å². The molecule has 3 aromatic rings. The molecule has 0 unspecified atom stereocenters. The van der Waals surface area contributed by atoms with Crippen molar-refractivity contribution < 1.29 is 14.6 Å². The third-order valence-electron chi connectivity index (χ3n) is 4.70. The van der Waals surface area contributed by atoms with Crippen molar-refractivity contribution in [3.8, 4) is 17.0 Å². The Balaban J connectivity index is 1.64. The number of nitrogens with one attached hydrogen (secondary N) is 2. The van der Waals surface area contributed by atoms with E-state index >= 15 is 0 Å². The van der Waals surface area contributed by atoms with Crippen LogP contribution in [0.3, 0.4) is 0 Å². The van der Waals surface area contributed by atoms with Crippen LogP contribution < -0.4 is 15.0 Å². The Morgan fingerprint density at radius 3 is 2.45 bits per heavy atom. The second-order valence-corrected chi connectivity index (χ2v) is 7.01. The molecule has 2 aromatic carbocycles. The molecule has 7 heteroatoms. The standard InChI is InChI=1S/C22H26N4O3/c1-26(2)18-8-4-15(5-9-18)12-17(14-27)23-22(28)21-13-20(24-25-21)16-6-10-19(29-3)11-7-16/h4-11,13,17,27H,12,14H2,1-3H3,(H,23,28)(H,24,25)/t17-/m0/s1. The molecule has 3 N–H and O–H groups in total. The molecule has 3 rings (SSSR count). The molecule has 1 atom stereocenters. The van der Waals surface area contributed by atoms with E-state index in [1.165, 1.54) is 0 Å². The molecule has 1 amide bonds. The maximum absolute atomic E-state index is 12.6. The van der Waals surface area contributed by atoms with Crippen molar-refractivity contribution >= 4 is 11.6 Å². The van der Waals surface area contributed by atoms with Crippen LogP contribution in [-0.4, -0.2) is 55.1 Å². The van der Waals surface area contributed by atoms with Gasteiger partial charge in [-0.25, -0.2) is 0 Å². The highest BCUT2D eigenvalue weighted by Crippen LogP contribution is 2.21. The first-order valence-electron chi connectivity index (χ1n) is 9.38. The number of carbonyl (C=O) groups is 1. The molecule has 0 radical (unpaired) electrons. The Hall–Kier alpha value is -3.32. The predicted octanol–water partition coefficient (Wildman–Crippen LogP) is 2.48. The molecule has 1 heterocycles. The number of hydrogen-bond acceptors (Lipinski definition) is 5. The SMILES string of the molecule is COc1ccc(-c2cc(C(=O)N[C@H](CO)Cc3ccc(N(C)C)cc3)[nH]n2)cc1. The van der Waals surface area contributed by atoms with Crippen LogP contribution in [0.1, 0.15) is 16.1 Å². The van der Waals surface area contributed by atoms with Crippen molar-refractivity contribution in [1.29, 1.82) is 0 Å². The third kappa shape index (κ3) is 5.14. The number of aromatic amines is 1. The van der Waals surface area contributed by atoms with Gasteiger partial charge in [-0.15, -0.1) is 0 Å². The van der Waals surface area contributed by atoms with Crippen molar-refractivity contribution in [3.63, 3.8) is 0 Å². The molecule has 0 saturated carbocycles. The van der Waals surface area contributed by atoms with Gasteiger partial charge in [0.2, 0.25) is 0 Å². The summed E-state index contributed by atoms with van der Waals surface area (Å²) in [7, 11) is 5.58. The zero-order valence-electron chi connectivity index (χ0n) is 16.8. The average molecular weight is 394 g/mol. The monoisotopic (exact) mass is 394 g/mol. The molecule has 0 aliphatic rings. The smallest absolute Gasteiger partial charge is 0.269 e. The lowest BCUT2D eigenvalue weighted by Crippen LogP contribution is -2.39. The summed E-state index contributed by atoms with van der Waals surface area (Å²) in [5, 5.41) is 19.5. The lowest BCUT2D eigenvalue weighted by Gasteiger charge is -2.17. The minimum Gasteiger partial charge on any atom is -0.497 e. The summed E-state index contributed by atoms with van der Waals surface area (Å²) in [5.41, 5.74) is 4.02. The van der Waals surface area contributed by atoms with Gasteiger partial charge in [0.05, 0.1) is 25.5 Å². The van der Waals surface area contributed by atoms with Crippen LogP contribution >= 0.6 is 0 Å². The van der Waals surface area contributed by atoms with Crippen LogP contribution in [0.15, 0.2) is 54.6 Å². The quantitative estimate of drug-likeness (QED) is 0.546. The Morgan fingerprint density at radius 1 is 1.17 bits per heavy atom. The number of aliphatic hydroxyl groups is 1. The largest absolute Gasteiger partial charge is 0.497 e. The summed E-state index contributed by atoms with van der Waals surface area (Å²) < 4.78 is 5.15. The molecule has 1 aromatic heterocycles. The summed E-state index contributed by atoms with van der Waals surface area (Å²) >= 11 is 0. The van der Waals surface area contributed by atoms with Gasteiger partial charge < -0.3 is 20.1 Å².